The van der Waals surface area contributed by atoms with Crippen molar-refractivity contribution in [2.75, 3.05) is 0 Å². The second-order valence-electron chi connectivity index (χ2n) is 13.9. The molecule has 1 aromatic carbocycles. The Morgan fingerprint density at radius 2 is 1.82 bits per heavy atom. The highest BCUT2D eigenvalue weighted by molar-refractivity contribution is 7.19. The molecule has 14 nitrogen and oxygen atoms in total. The number of rotatable bonds is 13. The minimum Gasteiger partial charge on any atom is -0.457 e. The molecule has 1 saturated heterocycles. The molecule has 4 heterocycles. The fourth-order valence-electron chi connectivity index (χ4n) is 5.72. The van der Waals surface area contributed by atoms with Crippen LogP contribution in [0.2, 0.25) is 18.1 Å². The number of ketones is 2. The standard InChI is InChI=1S/C34H39N5O9SSi/c1-19(28(40)24-16-37-18-36-26(32(37)49-24)29(41)22-9-8-14-35-15-22)27-25(20(2)48-50(6,7)34(3,4)5)30(42)38(27)31(43)33(44)47-17-21-10-12-23(13-11-21)39(45)46/h8-16,18-20,25,27,31,43H,17H2,1-7H3/t19-,20-,25-,27-,31?/m1/s1. The van der Waals surface area contributed by atoms with E-state index in [1.807, 2.05) is 13.1 Å². The van der Waals surface area contributed by atoms with E-state index in [0.717, 1.165) is 16.2 Å². The number of nitro groups is 1. The van der Waals surface area contributed by atoms with E-state index in [0.29, 0.717) is 20.8 Å². The number of benzene rings is 1. The molecule has 5 rings (SSSR count). The Morgan fingerprint density at radius 3 is 2.42 bits per heavy atom. The summed E-state index contributed by atoms with van der Waals surface area (Å²) in [7, 11) is -2.39. The third-order valence-corrected chi connectivity index (χ3v) is 15.2. The molecule has 0 radical (unpaired) electrons. The van der Waals surface area contributed by atoms with E-state index >= 15 is 0 Å². The van der Waals surface area contributed by atoms with Crippen LogP contribution in [-0.2, 0) is 25.4 Å². The van der Waals surface area contributed by atoms with Crippen molar-refractivity contribution in [1.82, 2.24) is 19.3 Å². The molecule has 1 amide bonds. The molecule has 3 aromatic heterocycles. The first-order valence-electron chi connectivity index (χ1n) is 16.0. The van der Waals surface area contributed by atoms with Gasteiger partial charge in [-0.2, -0.15) is 0 Å². The van der Waals surface area contributed by atoms with E-state index in [4.69, 9.17) is 9.16 Å². The maximum Gasteiger partial charge on any atom is 0.356 e. The minimum absolute atomic E-state index is 0.135. The predicted molar refractivity (Wildman–Crippen MR) is 185 cm³/mol. The highest BCUT2D eigenvalue weighted by Crippen LogP contribution is 2.43. The largest absolute Gasteiger partial charge is 0.457 e. The molecule has 50 heavy (non-hydrogen) atoms. The number of non-ortho nitro benzene ring substituents is 1. The smallest absolute Gasteiger partial charge is 0.356 e. The number of fused-ring (bicyclic) bond motifs is 1. The van der Waals surface area contributed by atoms with E-state index < -0.39 is 55.3 Å². The van der Waals surface area contributed by atoms with Crippen LogP contribution in [0.25, 0.3) is 4.83 Å². The van der Waals surface area contributed by atoms with Crippen molar-refractivity contribution >= 4 is 53.6 Å². The number of nitrogens with zero attached hydrogens (tertiary/aromatic N) is 5. The number of pyridine rings is 1. The van der Waals surface area contributed by atoms with Crippen molar-refractivity contribution in [3.8, 4) is 0 Å². The lowest BCUT2D eigenvalue weighted by atomic mass is 9.74. The number of aromatic nitrogens is 3. The number of aliphatic hydroxyl groups excluding tert-OH is 1. The average molecular weight is 722 g/mol. The summed E-state index contributed by atoms with van der Waals surface area (Å²) in [6.07, 6.45) is 3.33. The van der Waals surface area contributed by atoms with Gasteiger partial charge in [-0.05, 0) is 54.9 Å². The van der Waals surface area contributed by atoms with Crippen LogP contribution in [-0.4, -0.2) is 79.4 Å². The number of hydrogen-bond acceptors (Lipinski definition) is 12. The Bertz CT molecular complexity index is 1940. The molecule has 1 fully saturated rings. The summed E-state index contributed by atoms with van der Waals surface area (Å²) in [6.45, 7) is 13.4. The van der Waals surface area contributed by atoms with Gasteiger partial charge < -0.3 is 19.2 Å². The molecule has 1 aliphatic heterocycles. The molecule has 1 unspecified atom stereocenters. The number of hydrogen-bond donors (Lipinski definition) is 1. The highest BCUT2D eigenvalue weighted by Gasteiger charge is 2.58. The molecule has 0 saturated carbocycles. The summed E-state index contributed by atoms with van der Waals surface area (Å²) in [5.74, 6) is -4.15. The van der Waals surface area contributed by atoms with E-state index in [-0.39, 0.29) is 34.6 Å². The van der Waals surface area contributed by atoms with E-state index in [1.54, 1.807) is 42.8 Å². The molecular weight excluding hydrogens is 683 g/mol. The first-order valence-corrected chi connectivity index (χ1v) is 19.7. The number of imidazole rings is 1. The second kappa shape index (κ2) is 13.9. The maximum atomic E-state index is 14.1. The van der Waals surface area contributed by atoms with Crippen molar-refractivity contribution in [2.24, 2.45) is 11.8 Å². The number of esters is 1. The van der Waals surface area contributed by atoms with Crippen LogP contribution < -0.4 is 0 Å². The molecule has 1 aliphatic rings. The number of carbonyl (C=O) groups excluding carboxylic acids is 4. The zero-order valence-electron chi connectivity index (χ0n) is 28.7. The number of aliphatic hydroxyl groups is 1. The summed E-state index contributed by atoms with van der Waals surface area (Å²) in [6, 6.07) is 7.68. The number of ether oxygens (including phenoxy) is 1. The first-order chi connectivity index (χ1) is 23.4. The second-order valence-corrected chi connectivity index (χ2v) is 19.7. The molecule has 0 bridgehead atoms. The van der Waals surface area contributed by atoms with Crippen molar-refractivity contribution in [3.05, 3.63) is 93.1 Å². The van der Waals surface area contributed by atoms with Gasteiger partial charge in [-0.15, -0.1) is 11.3 Å². The van der Waals surface area contributed by atoms with Gasteiger partial charge in [0.1, 0.15) is 23.5 Å². The van der Waals surface area contributed by atoms with Gasteiger partial charge in [0.2, 0.25) is 17.9 Å². The molecule has 4 aromatic rings. The summed E-state index contributed by atoms with van der Waals surface area (Å²) >= 11 is 1.08. The third kappa shape index (κ3) is 7.01. The van der Waals surface area contributed by atoms with E-state index in [9.17, 15) is 34.4 Å². The molecule has 1 N–H and O–H groups in total. The number of thiazole rings is 1. The molecule has 5 atom stereocenters. The van der Waals surface area contributed by atoms with Crippen LogP contribution in [0, 0.1) is 22.0 Å². The summed E-state index contributed by atoms with van der Waals surface area (Å²) < 4.78 is 13.4. The number of nitro benzene ring substituents is 1. The van der Waals surface area contributed by atoms with Crippen molar-refractivity contribution < 1.29 is 38.4 Å². The Labute approximate surface area is 293 Å². The predicted octanol–water partition coefficient (Wildman–Crippen LogP) is 5.05. The van der Waals surface area contributed by atoms with Crippen LogP contribution in [0.3, 0.4) is 0 Å². The van der Waals surface area contributed by atoms with Gasteiger partial charge in [0.05, 0.1) is 27.9 Å². The van der Waals surface area contributed by atoms with Crippen LogP contribution in [0.5, 0.6) is 0 Å². The van der Waals surface area contributed by atoms with Crippen molar-refractivity contribution in [2.45, 2.75) is 77.7 Å². The Morgan fingerprint density at radius 1 is 1.14 bits per heavy atom. The van der Waals surface area contributed by atoms with E-state index in [1.165, 1.54) is 36.8 Å². The first kappa shape index (κ1) is 36.6. The van der Waals surface area contributed by atoms with Crippen molar-refractivity contribution in [1.29, 1.82) is 0 Å². The molecule has 0 aliphatic carbocycles. The normalized spacial score (nSPS) is 18.3. The topological polar surface area (TPSA) is 184 Å². The number of β-lactam (4-membered cyclic amide) rings is 1. The monoisotopic (exact) mass is 721 g/mol. The Hall–Kier alpha value is -4.64. The molecule has 264 valence electrons. The van der Waals surface area contributed by atoms with Gasteiger partial charge in [-0.25, -0.2) is 9.78 Å². The molecular formula is C34H39N5O9SSi. The molecule has 0 spiro atoms. The Kier molecular flexibility index (Phi) is 10.2. The van der Waals surface area contributed by atoms with Crippen LogP contribution in [0.15, 0.2) is 61.3 Å². The lowest BCUT2D eigenvalue weighted by Crippen LogP contribution is -2.72. The third-order valence-electron chi connectivity index (χ3n) is 9.54. The van der Waals surface area contributed by atoms with Crippen LogP contribution in [0.4, 0.5) is 5.69 Å². The zero-order valence-corrected chi connectivity index (χ0v) is 30.5. The zero-order chi connectivity index (χ0) is 36.7. The quantitative estimate of drug-likeness (QED) is 0.0487. The fraction of sp³-hybridized carbons (Fsp3) is 0.412. The minimum atomic E-state index is -2.39. The van der Waals surface area contributed by atoms with E-state index in [2.05, 4.69) is 30.7 Å². The summed E-state index contributed by atoms with van der Waals surface area (Å²) in [4.78, 5) is 74.5. The summed E-state index contributed by atoms with van der Waals surface area (Å²) in [5.41, 5.74) is 0.809. The Balaban J connectivity index is 1.40. The average Bonchev–Trinajstić information content (AvgIpc) is 3.66. The van der Waals surface area contributed by atoms with Gasteiger partial charge in [0, 0.05) is 42.2 Å². The summed E-state index contributed by atoms with van der Waals surface area (Å²) in [5, 5.41) is 22.0. The van der Waals surface area contributed by atoms with Gasteiger partial charge in [-0.3, -0.25) is 33.9 Å². The number of likely N-dealkylation sites (tertiary alicyclic amines) is 1. The lowest BCUT2D eigenvalue weighted by Gasteiger charge is -2.53. The van der Waals surface area contributed by atoms with Gasteiger partial charge >= 0.3 is 5.97 Å². The molecule has 16 heteroatoms. The maximum absolute atomic E-state index is 14.1. The van der Waals surface area contributed by atoms with Crippen LogP contribution >= 0.6 is 11.3 Å². The lowest BCUT2D eigenvalue weighted by molar-refractivity contribution is -0.384. The number of carbonyl (C=O) groups is 4. The number of amides is 1. The van der Waals surface area contributed by atoms with Gasteiger partial charge in [0.25, 0.3) is 5.69 Å². The highest BCUT2D eigenvalue weighted by atomic mass is 32.1. The fourth-order valence-corrected chi connectivity index (χ4v) is 8.26. The SMILES string of the molecule is C[C@@H](O[Si](C)(C)C(C)(C)C)[C@H]1C(=O)N(C(O)C(=O)OCc2ccc([N+](=O)[O-])cc2)[C@@H]1[C@@H](C)C(=O)c1cn2cnc(C(=O)c3cccnc3)c2s1. The van der Waals surface area contributed by atoms with Gasteiger partial charge in [0.15, 0.2) is 14.1 Å². The number of Topliss-reactive ketones (excluding diaryl/α,β-unsaturated/α-hetero) is 1. The van der Waals surface area contributed by atoms with Crippen molar-refractivity contribution in [3.63, 3.8) is 0 Å². The van der Waals surface area contributed by atoms with Crippen LogP contribution in [0.1, 0.15) is 65.9 Å². The van der Waals surface area contributed by atoms with Gasteiger partial charge in [-0.1, -0.05) is 27.7 Å².